The maximum absolute atomic E-state index is 2.45. The van der Waals surface area contributed by atoms with Crippen LogP contribution in [0.4, 0.5) is 0 Å². The molecule has 0 bridgehead atoms. The molecule has 56 valence electrons. The zero-order chi connectivity index (χ0) is 6.95. The zero-order valence-corrected chi connectivity index (χ0v) is 10.0. The topological polar surface area (TPSA) is 0 Å². The van der Waals surface area contributed by atoms with Crippen molar-refractivity contribution in [2.75, 3.05) is 8.86 Å². The van der Waals surface area contributed by atoms with Crippen molar-refractivity contribution < 1.29 is 0 Å². The normalized spacial score (nSPS) is 10.0. The van der Waals surface area contributed by atoms with Crippen molar-refractivity contribution in [3.8, 4) is 0 Å². The molecule has 0 atom stereocenters. The lowest BCUT2D eigenvalue weighted by Gasteiger charge is -1.95. The molecule has 0 radical (unpaired) electrons. The minimum absolute atomic E-state index is 1.34. The van der Waals surface area contributed by atoms with E-state index < -0.39 is 0 Å². The van der Waals surface area contributed by atoms with E-state index in [-0.39, 0.29) is 0 Å². The molecule has 0 aromatic carbocycles. The lowest BCUT2D eigenvalue weighted by atomic mass is 10.2. The first-order valence-electron chi connectivity index (χ1n) is 3.53. The van der Waals surface area contributed by atoms with Gasteiger partial charge in [-0.1, -0.05) is 64.4 Å². The fraction of sp³-hybridized carbons (Fsp3) is 1.00. The fourth-order valence-electron chi connectivity index (χ4n) is 0.719. The standard InChI is InChI=1S/C7H14I2/c8-6-4-2-1-3-5-7-9/h1-7H2. The van der Waals surface area contributed by atoms with Crippen molar-refractivity contribution in [1.82, 2.24) is 0 Å². The van der Waals surface area contributed by atoms with Gasteiger partial charge in [0.2, 0.25) is 0 Å². The first-order valence-corrected chi connectivity index (χ1v) is 6.59. The molecular formula is C7H14I2. The molecule has 0 aliphatic carbocycles. The van der Waals surface area contributed by atoms with E-state index in [1.807, 2.05) is 0 Å². The summed E-state index contributed by atoms with van der Waals surface area (Å²) < 4.78 is 2.67. The lowest BCUT2D eigenvalue weighted by molar-refractivity contribution is 0.668. The highest BCUT2D eigenvalue weighted by Crippen LogP contribution is 2.05. The molecule has 0 aromatic heterocycles. The predicted octanol–water partition coefficient (Wildman–Crippen LogP) is 3.81. The molecule has 0 saturated heterocycles. The molecule has 0 N–H and O–H groups in total. The average Bonchev–Trinajstić information content (AvgIpc) is 1.89. The molecule has 9 heavy (non-hydrogen) atoms. The van der Waals surface area contributed by atoms with Gasteiger partial charge in [0.25, 0.3) is 0 Å². The number of hydrogen-bond acceptors (Lipinski definition) is 0. The largest absolute Gasteiger partial charge is 0.0864 e. The number of unbranched alkanes of at least 4 members (excludes halogenated alkanes) is 4. The van der Waals surface area contributed by atoms with Gasteiger partial charge in [0.15, 0.2) is 0 Å². The van der Waals surface area contributed by atoms with Gasteiger partial charge in [-0.3, -0.25) is 0 Å². The molecule has 0 saturated carbocycles. The van der Waals surface area contributed by atoms with Crippen LogP contribution in [0.1, 0.15) is 32.1 Å². The Labute approximate surface area is 85.5 Å². The van der Waals surface area contributed by atoms with Crippen LogP contribution in [0, 0.1) is 0 Å². The van der Waals surface area contributed by atoms with Crippen LogP contribution >= 0.6 is 45.2 Å². The summed E-state index contributed by atoms with van der Waals surface area (Å²) in [6.45, 7) is 0. The molecule has 0 unspecified atom stereocenters. The van der Waals surface area contributed by atoms with Crippen molar-refractivity contribution in [2.24, 2.45) is 0 Å². The summed E-state index contributed by atoms with van der Waals surface area (Å²) in [5, 5.41) is 0. The van der Waals surface area contributed by atoms with Crippen molar-refractivity contribution >= 4 is 45.2 Å². The third kappa shape index (κ3) is 9.46. The Morgan fingerprint density at radius 2 is 0.889 bits per heavy atom. The highest BCUT2D eigenvalue weighted by Gasteiger charge is 1.86. The van der Waals surface area contributed by atoms with Gasteiger partial charge in [-0.05, 0) is 21.7 Å². The Balaban J connectivity index is 2.60. The maximum atomic E-state index is 2.45. The Morgan fingerprint density at radius 1 is 0.556 bits per heavy atom. The Bertz CT molecular complexity index is 40.2. The molecule has 0 aliphatic heterocycles. The van der Waals surface area contributed by atoms with Gasteiger partial charge in [0, 0.05) is 0 Å². The fourth-order valence-corrected chi connectivity index (χ4v) is 1.80. The molecule has 0 rings (SSSR count). The monoisotopic (exact) mass is 352 g/mol. The number of rotatable bonds is 6. The highest BCUT2D eigenvalue weighted by atomic mass is 127. The number of alkyl halides is 2. The van der Waals surface area contributed by atoms with Crippen molar-refractivity contribution in [2.45, 2.75) is 32.1 Å². The van der Waals surface area contributed by atoms with Gasteiger partial charge in [0.05, 0.1) is 0 Å². The lowest BCUT2D eigenvalue weighted by Crippen LogP contribution is -1.79. The summed E-state index contributed by atoms with van der Waals surface area (Å²) in [5.74, 6) is 0. The third-order valence-electron chi connectivity index (χ3n) is 1.27. The van der Waals surface area contributed by atoms with Crippen LogP contribution in [-0.4, -0.2) is 8.86 Å². The molecule has 2 heteroatoms. The van der Waals surface area contributed by atoms with E-state index in [1.165, 1.54) is 41.0 Å². The Hall–Kier alpha value is 1.46. The summed E-state index contributed by atoms with van der Waals surface area (Å²) in [6, 6.07) is 0. The molecule has 0 spiro atoms. The summed E-state index contributed by atoms with van der Waals surface area (Å²) in [7, 11) is 0. The minimum atomic E-state index is 1.34. The van der Waals surface area contributed by atoms with E-state index in [0.717, 1.165) is 0 Å². The molecule has 0 nitrogen and oxygen atoms in total. The number of halogens is 2. The maximum Gasteiger partial charge on any atom is -0.000473 e. The molecular weight excluding hydrogens is 338 g/mol. The first-order chi connectivity index (χ1) is 4.41. The first kappa shape index (κ1) is 10.5. The second-order valence-corrected chi connectivity index (χ2v) is 4.30. The van der Waals surface area contributed by atoms with Crippen LogP contribution in [0.15, 0.2) is 0 Å². The predicted molar refractivity (Wildman–Crippen MR) is 60.9 cm³/mol. The van der Waals surface area contributed by atoms with E-state index in [9.17, 15) is 0 Å². The van der Waals surface area contributed by atoms with Crippen LogP contribution in [0.3, 0.4) is 0 Å². The van der Waals surface area contributed by atoms with Crippen LogP contribution in [0.25, 0.3) is 0 Å². The molecule has 0 fully saturated rings. The molecule has 0 amide bonds. The van der Waals surface area contributed by atoms with Gasteiger partial charge < -0.3 is 0 Å². The van der Waals surface area contributed by atoms with Gasteiger partial charge in [0.1, 0.15) is 0 Å². The third-order valence-corrected chi connectivity index (χ3v) is 2.79. The van der Waals surface area contributed by atoms with Crippen molar-refractivity contribution in [3.63, 3.8) is 0 Å². The van der Waals surface area contributed by atoms with Crippen molar-refractivity contribution in [1.29, 1.82) is 0 Å². The smallest absolute Gasteiger partial charge is 0.000473 e. The second-order valence-electron chi connectivity index (χ2n) is 2.15. The van der Waals surface area contributed by atoms with Crippen LogP contribution in [0.5, 0.6) is 0 Å². The van der Waals surface area contributed by atoms with Gasteiger partial charge in [-0.15, -0.1) is 0 Å². The van der Waals surface area contributed by atoms with E-state index in [4.69, 9.17) is 0 Å². The second kappa shape index (κ2) is 9.46. The van der Waals surface area contributed by atoms with E-state index in [1.54, 1.807) is 0 Å². The average molecular weight is 352 g/mol. The van der Waals surface area contributed by atoms with E-state index >= 15 is 0 Å². The Kier molecular flexibility index (Phi) is 11.0. The number of hydrogen-bond donors (Lipinski definition) is 0. The summed E-state index contributed by atoms with van der Waals surface area (Å²) in [4.78, 5) is 0. The highest BCUT2D eigenvalue weighted by molar-refractivity contribution is 14.1. The quantitative estimate of drug-likeness (QED) is 0.388. The van der Waals surface area contributed by atoms with Crippen molar-refractivity contribution in [3.05, 3.63) is 0 Å². The van der Waals surface area contributed by atoms with Crippen LogP contribution in [-0.2, 0) is 0 Å². The van der Waals surface area contributed by atoms with Crippen LogP contribution in [0.2, 0.25) is 0 Å². The molecule has 0 heterocycles. The Morgan fingerprint density at radius 3 is 1.22 bits per heavy atom. The zero-order valence-electron chi connectivity index (χ0n) is 5.71. The summed E-state index contributed by atoms with van der Waals surface area (Å²) >= 11 is 4.89. The van der Waals surface area contributed by atoms with Gasteiger partial charge >= 0.3 is 0 Å². The minimum Gasteiger partial charge on any atom is -0.0864 e. The SMILES string of the molecule is ICCCCCCCI. The molecule has 0 aromatic rings. The van der Waals surface area contributed by atoms with E-state index in [0.29, 0.717) is 0 Å². The van der Waals surface area contributed by atoms with Gasteiger partial charge in [-0.25, -0.2) is 0 Å². The summed E-state index contributed by atoms with van der Waals surface area (Å²) in [6.07, 6.45) is 7.18. The summed E-state index contributed by atoms with van der Waals surface area (Å²) in [5.41, 5.74) is 0. The van der Waals surface area contributed by atoms with Crippen LogP contribution < -0.4 is 0 Å². The van der Waals surface area contributed by atoms with E-state index in [2.05, 4.69) is 45.2 Å². The van der Waals surface area contributed by atoms with Gasteiger partial charge in [-0.2, -0.15) is 0 Å². The molecule has 0 aliphatic rings.